The molecule has 1 aliphatic rings. The van der Waals surface area contributed by atoms with E-state index in [2.05, 4.69) is 82.1 Å². The quantitative estimate of drug-likeness (QED) is 0.490. The Balaban J connectivity index is 2.00. The largest absolute Gasteiger partial charge is 0.0832 e. The minimum Gasteiger partial charge on any atom is -0.0832 e. The maximum Gasteiger partial charge on any atom is 0.0466 e. The Labute approximate surface area is 144 Å². The lowest BCUT2D eigenvalue weighted by Gasteiger charge is -2.30. The second-order valence-electron chi connectivity index (χ2n) is 6.06. The van der Waals surface area contributed by atoms with Gasteiger partial charge in [0.25, 0.3) is 0 Å². The smallest absolute Gasteiger partial charge is 0.0466 e. The summed E-state index contributed by atoms with van der Waals surface area (Å²) in [5.74, 6) is 0.578. The highest BCUT2D eigenvalue weighted by molar-refractivity contribution is 9.10. The standard InChI is InChI=1S/C19H20Br2/c1-12-11-18(20)13(2)10-17(12)19(21)16-9-5-7-14-6-3-4-8-15(14)16/h3-4,6,8,10-11,16,19H,5,7,9H2,1-2H3. The number of rotatable bonds is 2. The highest BCUT2D eigenvalue weighted by Crippen LogP contribution is 2.46. The van der Waals surface area contributed by atoms with E-state index in [9.17, 15) is 0 Å². The molecule has 21 heavy (non-hydrogen) atoms. The summed E-state index contributed by atoms with van der Waals surface area (Å²) in [5.41, 5.74) is 7.16. The third-order valence-corrected chi connectivity index (χ3v) is 6.60. The van der Waals surface area contributed by atoms with Gasteiger partial charge in [0.2, 0.25) is 0 Å². The summed E-state index contributed by atoms with van der Waals surface area (Å²) in [6.45, 7) is 4.38. The molecule has 2 aromatic rings. The predicted octanol–water partition coefficient (Wildman–Crippen LogP) is 6.62. The fourth-order valence-electron chi connectivity index (χ4n) is 3.41. The first-order valence-corrected chi connectivity index (χ1v) is 9.27. The van der Waals surface area contributed by atoms with E-state index < -0.39 is 0 Å². The lowest BCUT2D eigenvalue weighted by molar-refractivity contribution is 0.546. The van der Waals surface area contributed by atoms with E-state index >= 15 is 0 Å². The molecule has 110 valence electrons. The molecule has 0 fully saturated rings. The number of benzene rings is 2. The van der Waals surface area contributed by atoms with Gasteiger partial charge in [-0.15, -0.1) is 0 Å². The summed E-state index contributed by atoms with van der Waals surface area (Å²) in [5, 5.41) is 0. The van der Waals surface area contributed by atoms with Crippen LogP contribution in [0.25, 0.3) is 0 Å². The average Bonchev–Trinajstić information content (AvgIpc) is 2.49. The van der Waals surface area contributed by atoms with Crippen LogP contribution in [0.4, 0.5) is 0 Å². The molecule has 1 aliphatic carbocycles. The number of aryl methyl sites for hydroxylation is 3. The van der Waals surface area contributed by atoms with Crippen molar-refractivity contribution in [2.75, 3.05) is 0 Å². The summed E-state index contributed by atoms with van der Waals surface area (Å²) in [6.07, 6.45) is 3.78. The molecule has 0 saturated heterocycles. The van der Waals surface area contributed by atoms with E-state index in [4.69, 9.17) is 0 Å². The van der Waals surface area contributed by atoms with E-state index in [1.807, 2.05) is 0 Å². The van der Waals surface area contributed by atoms with Gasteiger partial charge in [-0.2, -0.15) is 0 Å². The van der Waals surface area contributed by atoms with Crippen LogP contribution in [0, 0.1) is 13.8 Å². The van der Waals surface area contributed by atoms with Crippen molar-refractivity contribution in [1.82, 2.24) is 0 Å². The zero-order valence-electron chi connectivity index (χ0n) is 12.5. The van der Waals surface area contributed by atoms with Gasteiger partial charge in [0.15, 0.2) is 0 Å². The van der Waals surface area contributed by atoms with Crippen LogP contribution < -0.4 is 0 Å². The maximum atomic E-state index is 4.01. The van der Waals surface area contributed by atoms with Crippen LogP contribution in [0.1, 0.15) is 51.4 Å². The molecule has 2 unspecified atom stereocenters. The first kappa shape index (κ1) is 15.3. The molecule has 3 rings (SSSR count). The first-order chi connectivity index (χ1) is 10.1. The number of hydrogen-bond donors (Lipinski definition) is 0. The fraction of sp³-hybridized carbons (Fsp3) is 0.368. The normalized spacial score (nSPS) is 19.1. The number of hydrogen-bond acceptors (Lipinski definition) is 0. The van der Waals surface area contributed by atoms with E-state index in [-0.39, 0.29) is 0 Å². The van der Waals surface area contributed by atoms with Gasteiger partial charge in [0.05, 0.1) is 0 Å². The second kappa shape index (κ2) is 6.26. The molecule has 0 aromatic heterocycles. The lowest BCUT2D eigenvalue weighted by atomic mass is 9.79. The summed E-state index contributed by atoms with van der Waals surface area (Å²) >= 11 is 7.65. The topological polar surface area (TPSA) is 0 Å². The maximum absolute atomic E-state index is 4.01. The summed E-state index contributed by atoms with van der Waals surface area (Å²) in [6, 6.07) is 13.5. The highest BCUT2D eigenvalue weighted by Gasteiger charge is 2.28. The van der Waals surface area contributed by atoms with Crippen LogP contribution >= 0.6 is 31.9 Å². The molecule has 0 saturated carbocycles. The number of alkyl halides is 1. The van der Waals surface area contributed by atoms with Crippen molar-refractivity contribution in [3.63, 3.8) is 0 Å². The van der Waals surface area contributed by atoms with Gasteiger partial charge in [-0.25, -0.2) is 0 Å². The third kappa shape index (κ3) is 2.98. The molecule has 0 spiro atoms. The molecule has 0 bridgehead atoms. The molecular weight excluding hydrogens is 388 g/mol. The van der Waals surface area contributed by atoms with Crippen molar-refractivity contribution < 1.29 is 0 Å². The zero-order valence-corrected chi connectivity index (χ0v) is 15.7. The molecule has 0 N–H and O–H groups in total. The van der Waals surface area contributed by atoms with Gasteiger partial charge in [-0.3, -0.25) is 0 Å². The van der Waals surface area contributed by atoms with Crippen LogP contribution in [0.15, 0.2) is 40.9 Å². The van der Waals surface area contributed by atoms with Crippen molar-refractivity contribution in [1.29, 1.82) is 0 Å². The van der Waals surface area contributed by atoms with Crippen LogP contribution in [0.5, 0.6) is 0 Å². The molecule has 0 nitrogen and oxygen atoms in total. The van der Waals surface area contributed by atoms with Gasteiger partial charge in [0, 0.05) is 15.2 Å². The van der Waals surface area contributed by atoms with Crippen LogP contribution in [-0.4, -0.2) is 0 Å². The molecule has 0 aliphatic heterocycles. The second-order valence-corrected chi connectivity index (χ2v) is 7.90. The van der Waals surface area contributed by atoms with Gasteiger partial charge >= 0.3 is 0 Å². The fourth-order valence-corrected chi connectivity index (χ4v) is 4.91. The van der Waals surface area contributed by atoms with Crippen LogP contribution in [0.3, 0.4) is 0 Å². The zero-order chi connectivity index (χ0) is 15.0. The Morgan fingerprint density at radius 1 is 1.10 bits per heavy atom. The predicted molar refractivity (Wildman–Crippen MR) is 97.4 cm³/mol. The molecule has 2 heteroatoms. The minimum absolute atomic E-state index is 0.394. The Morgan fingerprint density at radius 3 is 2.67 bits per heavy atom. The third-order valence-electron chi connectivity index (χ3n) is 4.61. The Morgan fingerprint density at radius 2 is 1.86 bits per heavy atom. The molecule has 2 atom stereocenters. The molecular formula is C19H20Br2. The molecule has 0 amide bonds. The van der Waals surface area contributed by atoms with Crippen molar-refractivity contribution in [3.05, 3.63) is 68.7 Å². The lowest BCUT2D eigenvalue weighted by Crippen LogP contribution is -2.14. The van der Waals surface area contributed by atoms with E-state index in [1.54, 1.807) is 0 Å². The summed E-state index contributed by atoms with van der Waals surface area (Å²) in [7, 11) is 0. The molecule has 0 radical (unpaired) electrons. The SMILES string of the molecule is Cc1cc(C(Br)C2CCCc3ccccc32)c(C)cc1Br. The highest BCUT2D eigenvalue weighted by atomic mass is 79.9. The molecule has 2 aromatic carbocycles. The van der Waals surface area contributed by atoms with Crippen molar-refractivity contribution in [2.24, 2.45) is 0 Å². The van der Waals surface area contributed by atoms with E-state index in [0.29, 0.717) is 10.7 Å². The van der Waals surface area contributed by atoms with Crippen molar-refractivity contribution in [3.8, 4) is 0 Å². The monoisotopic (exact) mass is 406 g/mol. The van der Waals surface area contributed by atoms with Crippen LogP contribution in [0.2, 0.25) is 0 Å². The summed E-state index contributed by atoms with van der Waals surface area (Å²) in [4.78, 5) is 0.394. The van der Waals surface area contributed by atoms with Crippen molar-refractivity contribution in [2.45, 2.75) is 43.9 Å². The molecule has 0 heterocycles. The minimum atomic E-state index is 0.394. The van der Waals surface area contributed by atoms with Crippen LogP contribution in [-0.2, 0) is 6.42 Å². The van der Waals surface area contributed by atoms with E-state index in [1.165, 1.54) is 51.6 Å². The van der Waals surface area contributed by atoms with Crippen molar-refractivity contribution >= 4 is 31.9 Å². The summed E-state index contributed by atoms with van der Waals surface area (Å²) < 4.78 is 1.20. The van der Waals surface area contributed by atoms with Gasteiger partial charge < -0.3 is 0 Å². The number of halogens is 2. The van der Waals surface area contributed by atoms with Gasteiger partial charge in [-0.05, 0) is 67.0 Å². The Hall–Kier alpha value is -0.600. The average molecular weight is 408 g/mol. The van der Waals surface area contributed by atoms with E-state index in [0.717, 1.165) is 0 Å². The van der Waals surface area contributed by atoms with Gasteiger partial charge in [-0.1, -0.05) is 62.2 Å². The Bertz CT molecular complexity index is 661. The first-order valence-electron chi connectivity index (χ1n) is 7.56. The van der Waals surface area contributed by atoms with Gasteiger partial charge in [0.1, 0.15) is 0 Å². The number of fused-ring (bicyclic) bond motifs is 1. The Kier molecular flexibility index (Phi) is 4.56.